The summed E-state index contributed by atoms with van der Waals surface area (Å²) in [5.74, 6) is 0.0185. The molecule has 9 heteroatoms. The molecule has 5 nitrogen and oxygen atoms in total. The van der Waals surface area contributed by atoms with Crippen LogP contribution in [-0.2, 0) is 5.60 Å². The van der Waals surface area contributed by atoms with Crippen LogP contribution in [0.25, 0.3) is 22.7 Å². The van der Waals surface area contributed by atoms with Gasteiger partial charge in [-0.15, -0.1) is 12.4 Å². The molecule has 4 aromatic rings. The minimum Gasteiger partial charge on any atom is -0.429 e. The van der Waals surface area contributed by atoms with Gasteiger partial charge in [0.15, 0.2) is 5.09 Å². The molecular formula is C22H18Cl2FN3O2S. The van der Waals surface area contributed by atoms with Gasteiger partial charge in [-0.25, -0.2) is 14.4 Å². The Bertz CT molecular complexity index is 1160. The van der Waals surface area contributed by atoms with Gasteiger partial charge in [0.2, 0.25) is 5.89 Å². The predicted octanol–water partition coefficient (Wildman–Crippen LogP) is 6.39. The smallest absolute Gasteiger partial charge is 0.228 e. The Balaban J connectivity index is 0.00000272. The van der Waals surface area contributed by atoms with Crippen molar-refractivity contribution in [1.82, 2.24) is 15.0 Å². The first-order valence-electron chi connectivity index (χ1n) is 9.05. The van der Waals surface area contributed by atoms with Gasteiger partial charge in [-0.3, -0.25) is 4.98 Å². The van der Waals surface area contributed by atoms with E-state index in [2.05, 4.69) is 15.0 Å². The summed E-state index contributed by atoms with van der Waals surface area (Å²) >= 11 is 7.22. The maximum atomic E-state index is 13.3. The molecule has 0 aliphatic rings. The summed E-state index contributed by atoms with van der Waals surface area (Å²) < 4.78 is 19.3. The standard InChI is InChI=1S/C22H17ClFN3O2S.ClH/c1-22(2,28)17-9-5-14(11-25-17)19-21(30-18-10-6-15(23)12-26-18)29-20(27-19)13-3-7-16(24)8-4-13;/h3-12,28H,1-2H3;1H. The van der Waals surface area contributed by atoms with E-state index in [1.165, 1.54) is 23.9 Å². The highest BCUT2D eigenvalue weighted by atomic mass is 35.5. The number of rotatable bonds is 5. The fourth-order valence-electron chi connectivity index (χ4n) is 2.69. The summed E-state index contributed by atoms with van der Waals surface area (Å²) in [5, 5.41) is 11.9. The predicted molar refractivity (Wildman–Crippen MR) is 121 cm³/mol. The van der Waals surface area contributed by atoms with Crippen LogP contribution < -0.4 is 0 Å². The van der Waals surface area contributed by atoms with E-state index in [9.17, 15) is 9.50 Å². The second kappa shape index (κ2) is 9.36. The van der Waals surface area contributed by atoms with Crippen molar-refractivity contribution in [2.75, 3.05) is 0 Å². The van der Waals surface area contributed by atoms with Crippen LogP contribution >= 0.6 is 35.8 Å². The second-order valence-corrected chi connectivity index (χ2v) is 8.50. The monoisotopic (exact) mass is 477 g/mol. The van der Waals surface area contributed by atoms with Crippen LogP contribution in [0.15, 0.2) is 75.5 Å². The highest BCUT2D eigenvalue weighted by Gasteiger charge is 2.21. The molecule has 31 heavy (non-hydrogen) atoms. The average Bonchev–Trinajstić information content (AvgIpc) is 3.13. The first kappa shape index (κ1) is 23.2. The molecule has 0 fully saturated rings. The fraction of sp³-hybridized carbons (Fsp3) is 0.136. The third kappa shape index (κ3) is 5.43. The number of benzene rings is 1. The lowest BCUT2D eigenvalue weighted by atomic mass is 10.0. The minimum absolute atomic E-state index is 0. The van der Waals surface area contributed by atoms with Gasteiger partial charge in [0.25, 0.3) is 0 Å². The van der Waals surface area contributed by atoms with E-state index in [-0.39, 0.29) is 18.2 Å². The van der Waals surface area contributed by atoms with Crippen molar-refractivity contribution in [3.05, 3.63) is 77.5 Å². The fourth-order valence-corrected chi connectivity index (χ4v) is 3.61. The van der Waals surface area contributed by atoms with E-state index in [1.807, 2.05) is 6.07 Å². The molecule has 0 aliphatic heterocycles. The van der Waals surface area contributed by atoms with Crippen molar-refractivity contribution in [3.63, 3.8) is 0 Å². The molecule has 0 unspecified atom stereocenters. The van der Waals surface area contributed by atoms with Crippen molar-refractivity contribution < 1.29 is 13.9 Å². The molecule has 0 amide bonds. The zero-order chi connectivity index (χ0) is 21.3. The van der Waals surface area contributed by atoms with Crippen LogP contribution in [0.3, 0.4) is 0 Å². The summed E-state index contributed by atoms with van der Waals surface area (Å²) in [6, 6.07) is 13.0. The topological polar surface area (TPSA) is 72.0 Å². The van der Waals surface area contributed by atoms with Crippen molar-refractivity contribution in [1.29, 1.82) is 0 Å². The van der Waals surface area contributed by atoms with Crippen LogP contribution in [0, 0.1) is 5.82 Å². The number of aliphatic hydroxyl groups is 1. The first-order chi connectivity index (χ1) is 14.3. The molecule has 0 saturated heterocycles. The van der Waals surface area contributed by atoms with Crippen molar-refractivity contribution in [2.24, 2.45) is 0 Å². The lowest BCUT2D eigenvalue weighted by Crippen LogP contribution is -2.17. The van der Waals surface area contributed by atoms with Gasteiger partial charge in [0, 0.05) is 23.5 Å². The molecule has 160 valence electrons. The molecule has 0 radical (unpaired) electrons. The van der Waals surface area contributed by atoms with Crippen molar-refractivity contribution >= 4 is 35.8 Å². The number of nitrogens with zero attached hydrogens (tertiary/aromatic N) is 3. The first-order valence-corrected chi connectivity index (χ1v) is 10.2. The summed E-state index contributed by atoms with van der Waals surface area (Å²) in [6.45, 7) is 3.34. The Labute approximate surface area is 194 Å². The third-order valence-corrected chi connectivity index (χ3v) is 5.38. The second-order valence-electron chi connectivity index (χ2n) is 7.07. The van der Waals surface area contributed by atoms with Gasteiger partial charge in [-0.2, -0.15) is 0 Å². The molecule has 3 heterocycles. The highest BCUT2D eigenvalue weighted by Crippen LogP contribution is 2.38. The number of aromatic nitrogens is 3. The number of pyridine rings is 2. The van der Waals surface area contributed by atoms with E-state index in [1.54, 1.807) is 56.6 Å². The maximum Gasteiger partial charge on any atom is 0.228 e. The van der Waals surface area contributed by atoms with E-state index in [4.69, 9.17) is 16.0 Å². The van der Waals surface area contributed by atoms with Gasteiger partial charge in [0.1, 0.15) is 22.1 Å². The molecule has 4 rings (SSSR count). The number of hydrogen-bond donors (Lipinski definition) is 1. The number of hydrogen-bond acceptors (Lipinski definition) is 6. The number of oxazole rings is 1. The Hall–Kier alpha value is -2.45. The molecule has 0 atom stereocenters. The van der Waals surface area contributed by atoms with E-state index >= 15 is 0 Å². The average molecular weight is 478 g/mol. The molecule has 1 N–H and O–H groups in total. The Kier molecular flexibility index (Phi) is 7.01. The lowest BCUT2D eigenvalue weighted by molar-refractivity contribution is 0.0739. The Morgan fingerprint density at radius 2 is 1.68 bits per heavy atom. The zero-order valence-electron chi connectivity index (χ0n) is 16.5. The molecular weight excluding hydrogens is 460 g/mol. The van der Waals surface area contributed by atoms with Gasteiger partial charge in [0.05, 0.1) is 10.7 Å². The Morgan fingerprint density at radius 1 is 0.968 bits per heavy atom. The summed E-state index contributed by atoms with van der Waals surface area (Å²) in [7, 11) is 0. The van der Waals surface area contributed by atoms with Crippen LogP contribution in [-0.4, -0.2) is 20.1 Å². The van der Waals surface area contributed by atoms with E-state index in [0.29, 0.717) is 38.0 Å². The van der Waals surface area contributed by atoms with Crippen LogP contribution in [0.4, 0.5) is 4.39 Å². The Morgan fingerprint density at radius 3 is 2.26 bits per heavy atom. The third-order valence-electron chi connectivity index (χ3n) is 4.25. The highest BCUT2D eigenvalue weighted by molar-refractivity contribution is 7.99. The SMILES string of the molecule is CC(C)(O)c1ccc(-c2nc(-c3ccc(F)cc3)oc2Sc2ccc(Cl)cn2)cn1.Cl. The normalized spacial score (nSPS) is 11.3. The maximum absolute atomic E-state index is 13.3. The van der Waals surface area contributed by atoms with Crippen LogP contribution in [0.2, 0.25) is 5.02 Å². The number of halogens is 3. The zero-order valence-corrected chi connectivity index (χ0v) is 18.9. The van der Waals surface area contributed by atoms with Crippen molar-refractivity contribution in [3.8, 4) is 22.7 Å². The van der Waals surface area contributed by atoms with Crippen LogP contribution in [0.1, 0.15) is 19.5 Å². The molecule has 1 aromatic carbocycles. The summed E-state index contributed by atoms with van der Waals surface area (Å²) in [5.41, 5.74) is 1.44. The molecule has 0 saturated carbocycles. The van der Waals surface area contributed by atoms with Gasteiger partial charge < -0.3 is 9.52 Å². The minimum atomic E-state index is -1.05. The van der Waals surface area contributed by atoms with Gasteiger partial charge in [-0.1, -0.05) is 11.6 Å². The lowest BCUT2D eigenvalue weighted by Gasteiger charge is -2.16. The van der Waals surface area contributed by atoms with Gasteiger partial charge in [-0.05, 0) is 74.1 Å². The molecule has 0 bridgehead atoms. The molecule has 3 aromatic heterocycles. The largest absolute Gasteiger partial charge is 0.429 e. The molecule has 0 aliphatic carbocycles. The van der Waals surface area contributed by atoms with E-state index < -0.39 is 5.60 Å². The van der Waals surface area contributed by atoms with E-state index in [0.717, 1.165) is 5.56 Å². The quantitative estimate of drug-likeness (QED) is 0.358. The summed E-state index contributed by atoms with van der Waals surface area (Å²) in [4.78, 5) is 13.3. The van der Waals surface area contributed by atoms with Gasteiger partial charge >= 0.3 is 0 Å². The molecule has 0 spiro atoms. The van der Waals surface area contributed by atoms with Crippen LogP contribution in [0.5, 0.6) is 0 Å². The van der Waals surface area contributed by atoms with Crippen molar-refractivity contribution in [2.45, 2.75) is 29.6 Å². The summed E-state index contributed by atoms with van der Waals surface area (Å²) in [6.07, 6.45) is 3.19.